The van der Waals surface area contributed by atoms with E-state index >= 15 is 0 Å². The summed E-state index contributed by atoms with van der Waals surface area (Å²) >= 11 is 0. The Morgan fingerprint density at radius 3 is 3.12 bits per heavy atom. The minimum Gasteiger partial charge on any atom is -0.375 e. The Kier molecular flexibility index (Phi) is 2.48. The standard InChI is InChI=1S/C12H19N3O/c1-2-15-6-5-14-12(15)11(13)9-7-8-3-4-10(9)16-8/h5-6,8-11H,2-4,7,13H2,1H3. The van der Waals surface area contributed by atoms with Gasteiger partial charge in [-0.3, -0.25) is 0 Å². The van der Waals surface area contributed by atoms with Crippen LogP contribution >= 0.6 is 0 Å². The molecule has 2 bridgehead atoms. The lowest BCUT2D eigenvalue weighted by Crippen LogP contribution is -2.31. The predicted molar refractivity (Wildman–Crippen MR) is 60.8 cm³/mol. The molecule has 0 saturated carbocycles. The van der Waals surface area contributed by atoms with E-state index in [0.717, 1.165) is 18.8 Å². The summed E-state index contributed by atoms with van der Waals surface area (Å²) in [4.78, 5) is 4.40. The van der Waals surface area contributed by atoms with Gasteiger partial charge in [-0.25, -0.2) is 4.98 Å². The minimum atomic E-state index is 0.0326. The van der Waals surface area contributed by atoms with Gasteiger partial charge in [-0.2, -0.15) is 0 Å². The summed E-state index contributed by atoms with van der Waals surface area (Å²) < 4.78 is 8.00. The molecule has 4 atom stereocenters. The molecule has 2 fully saturated rings. The number of hydrogen-bond donors (Lipinski definition) is 1. The second kappa shape index (κ2) is 3.86. The SMILES string of the molecule is CCn1ccnc1C(N)C1CC2CCC1O2. The molecular weight excluding hydrogens is 202 g/mol. The Labute approximate surface area is 95.8 Å². The van der Waals surface area contributed by atoms with Gasteiger partial charge in [0, 0.05) is 24.9 Å². The van der Waals surface area contributed by atoms with Crippen molar-refractivity contribution in [2.75, 3.05) is 0 Å². The molecule has 2 saturated heterocycles. The van der Waals surface area contributed by atoms with Gasteiger partial charge in [0.2, 0.25) is 0 Å². The number of nitrogens with zero attached hydrogens (tertiary/aromatic N) is 2. The fraction of sp³-hybridized carbons (Fsp3) is 0.750. The lowest BCUT2D eigenvalue weighted by atomic mass is 9.84. The van der Waals surface area contributed by atoms with Crippen LogP contribution in [0.3, 0.4) is 0 Å². The van der Waals surface area contributed by atoms with Crippen molar-refractivity contribution in [2.45, 2.75) is 51.0 Å². The van der Waals surface area contributed by atoms with Gasteiger partial charge < -0.3 is 15.0 Å². The number of aryl methyl sites for hydroxylation is 1. The van der Waals surface area contributed by atoms with Crippen molar-refractivity contribution in [1.29, 1.82) is 0 Å². The van der Waals surface area contributed by atoms with Crippen LogP contribution in [-0.2, 0) is 11.3 Å². The molecule has 16 heavy (non-hydrogen) atoms. The molecule has 0 amide bonds. The smallest absolute Gasteiger partial charge is 0.126 e. The zero-order valence-corrected chi connectivity index (χ0v) is 9.67. The maximum absolute atomic E-state index is 6.34. The van der Waals surface area contributed by atoms with Crippen molar-refractivity contribution in [1.82, 2.24) is 9.55 Å². The molecule has 1 aromatic heterocycles. The van der Waals surface area contributed by atoms with Gasteiger partial charge in [-0.15, -0.1) is 0 Å². The Morgan fingerprint density at radius 2 is 2.50 bits per heavy atom. The van der Waals surface area contributed by atoms with Gasteiger partial charge in [0.1, 0.15) is 5.82 Å². The summed E-state index contributed by atoms with van der Waals surface area (Å²) in [5, 5.41) is 0. The van der Waals surface area contributed by atoms with Crippen LogP contribution in [0.15, 0.2) is 12.4 Å². The van der Waals surface area contributed by atoms with Gasteiger partial charge in [-0.05, 0) is 26.2 Å². The number of nitrogens with two attached hydrogens (primary N) is 1. The van der Waals surface area contributed by atoms with Crippen LogP contribution in [0.5, 0.6) is 0 Å². The molecule has 4 nitrogen and oxygen atoms in total. The molecule has 0 aliphatic carbocycles. The first-order chi connectivity index (χ1) is 7.79. The normalized spacial score (nSPS) is 34.5. The first-order valence-corrected chi connectivity index (χ1v) is 6.21. The van der Waals surface area contributed by atoms with Crippen molar-refractivity contribution < 1.29 is 4.74 Å². The second-order valence-corrected chi connectivity index (χ2v) is 4.87. The van der Waals surface area contributed by atoms with Crippen molar-refractivity contribution in [3.8, 4) is 0 Å². The van der Waals surface area contributed by atoms with E-state index in [9.17, 15) is 0 Å². The van der Waals surface area contributed by atoms with Crippen LogP contribution < -0.4 is 5.73 Å². The number of imidazole rings is 1. The molecule has 4 heteroatoms. The van der Waals surface area contributed by atoms with E-state index in [2.05, 4.69) is 16.5 Å². The van der Waals surface area contributed by atoms with Crippen LogP contribution in [0.4, 0.5) is 0 Å². The van der Waals surface area contributed by atoms with Gasteiger partial charge >= 0.3 is 0 Å². The molecule has 2 N–H and O–H groups in total. The molecule has 2 aliphatic heterocycles. The van der Waals surface area contributed by atoms with Crippen molar-refractivity contribution in [2.24, 2.45) is 11.7 Å². The van der Waals surface area contributed by atoms with Crippen LogP contribution in [-0.4, -0.2) is 21.8 Å². The van der Waals surface area contributed by atoms with E-state index < -0.39 is 0 Å². The number of rotatable bonds is 3. The summed E-state index contributed by atoms with van der Waals surface area (Å²) in [6.07, 6.45) is 8.19. The zero-order chi connectivity index (χ0) is 11.1. The van der Waals surface area contributed by atoms with E-state index in [1.165, 1.54) is 12.8 Å². The number of aromatic nitrogens is 2. The molecule has 3 rings (SSSR count). The summed E-state index contributed by atoms with van der Waals surface area (Å²) in [6.45, 7) is 3.06. The molecule has 0 aromatic carbocycles. The van der Waals surface area contributed by atoms with Crippen LogP contribution in [0.1, 0.15) is 38.1 Å². The molecule has 0 radical (unpaired) electrons. The lowest BCUT2D eigenvalue weighted by Gasteiger charge is -2.25. The first-order valence-electron chi connectivity index (χ1n) is 6.21. The van der Waals surface area contributed by atoms with Crippen molar-refractivity contribution in [3.63, 3.8) is 0 Å². The maximum Gasteiger partial charge on any atom is 0.126 e. The molecule has 1 aromatic rings. The van der Waals surface area contributed by atoms with Gasteiger partial charge in [0.15, 0.2) is 0 Å². The highest BCUT2D eigenvalue weighted by atomic mass is 16.5. The third-order valence-electron chi connectivity index (χ3n) is 4.00. The molecule has 0 spiro atoms. The highest BCUT2D eigenvalue weighted by molar-refractivity contribution is 5.05. The summed E-state index contributed by atoms with van der Waals surface area (Å²) in [7, 11) is 0. The largest absolute Gasteiger partial charge is 0.375 e. The lowest BCUT2D eigenvalue weighted by molar-refractivity contribution is 0.0877. The van der Waals surface area contributed by atoms with Crippen LogP contribution in [0, 0.1) is 5.92 Å². The van der Waals surface area contributed by atoms with Crippen LogP contribution in [0.25, 0.3) is 0 Å². The Bertz CT molecular complexity index is 376. The summed E-state index contributed by atoms with van der Waals surface area (Å²) in [5.41, 5.74) is 6.34. The van der Waals surface area contributed by atoms with Crippen molar-refractivity contribution in [3.05, 3.63) is 18.2 Å². The molecule has 88 valence electrons. The average Bonchev–Trinajstić information content (AvgIpc) is 3.02. The highest BCUT2D eigenvalue weighted by Crippen LogP contribution is 2.43. The van der Waals surface area contributed by atoms with E-state index in [4.69, 9.17) is 10.5 Å². The minimum absolute atomic E-state index is 0.0326. The topological polar surface area (TPSA) is 53.1 Å². The van der Waals surface area contributed by atoms with Crippen LogP contribution in [0.2, 0.25) is 0 Å². The zero-order valence-electron chi connectivity index (χ0n) is 9.67. The van der Waals surface area contributed by atoms with E-state index in [-0.39, 0.29) is 6.04 Å². The van der Waals surface area contributed by atoms with E-state index in [1.807, 2.05) is 12.4 Å². The summed E-state index contributed by atoms with van der Waals surface area (Å²) in [6, 6.07) is 0.0326. The maximum atomic E-state index is 6.34. The third-order valence-corrected chi connectivity index (χ3v) is 4.00. The first kappa shape index (κ1) is 10.3. The fourth-order valence-electron chi connectivity index (χ4n) is 3.13. The Morgan fingerprint density at radius 1 is 1.62 bits per heavy atom. The quantitative estimate of drug-likeness (QED) is 0.841. The monoisotopic (exact) mass is 221 g/mol. The number of fused-ring (bicyclic) bond motifs is 2. The average molecular weight is 221 g/mol. The molecular formula is C12H19N3O. The van der Waals surface area contributed by atoms with E-state index in [1.54, 1.807) is 0 Å². The highest BCUT2D eigenvalue weighted by Gasteiger charge is 2.44. The fourth-order valence-corrected chi connectivity index (χ4v) is 3.13. The predicted octanol–water partition coefficient (Wildman–Crippen LogP) is 1.47. The van der Waals surface area contributed by atoms with E-state index in [0.29, 0.717) is 18.1 Å². The molecule has 4 unspecified atom stereocenters. The molecule has 2 aliphatic rings. The number of ether oxygens (including phenoxy) is 1. The van der Waals surface area contributed by atoms with Gasteiger partial charge in [0.25, 0.3) is 0 Å². The Balaban J connectivity index is 1.80. The Hall–Kier alpha value is -0.870. The second-order valence-electron chi connectivity index (χ2n) is 4.87. The number of hydrogen-bond acceptors (Lipinski definition) is 3. The van der Waals surface area contributed by atoms with Gasteiger partial charge in [0.05, 0.1) is 18.2 Å². The van der Waals surface area contributed by atoms with Gasteiger partial charge in [-0.1, -0.05) is 0 Å². The third kappa shape index (κ3) is 1.48. The molecule has 3 heterocycles. The van der Waals surface area contributed by atoms with Crippen molar-refractivity contribution >= 4 is 0 Å². The summed E-state index contributed by atoms with van der Waals surface area (Å²) in [5.74, 6) is 1.48.